The monoisotopic (exact) mass is 498 g/mol. The van der Waals surface area contributed by atoms with Crippen LogP contribution in [0.1, 0.15) is 79.9 Å². The van der Waals surface area contributed by atoms with E-state index in [4.69, 9.17) is 0 Å². The molecule has 0 fully saturated rings. The molecule has 5 heteroatoms. The van der Waals surface area contributed by atoms with Gasteiger partial charge in [-0.2, -0.15) is 0 Å². The number of hydrogen-bond donors (Lipinski definition) is 1. The van der Waals surface area contributed by atoms with Crippen molar-refractivity contribution < 1.29 is 9.18 Å². The molecule has 3 rings (SSSR count). The Kier molecular flexibility index (Phi) is 13.1. The third-order valence-electron chi connectivity index (χ3n) is 6.10. The molecule has 3 unspecified atom stereocenters. The largest absolute Gasteiger partial charge is 0.350 e. The summed E-state index contributed by atoms with van der Waals surface area (Å²) in [5, 5.41) is 5.49. The molecule has 0 aromatic heterocycles. The van der Waals surface area contributed by atoms with Crippen LogP contribution in [0.2, 0.25) is 0 Å². The molecule has 4 atom stereocenters. The van der Waals surface area contributed by atoms with Gasteiger partial charge >= 0.3 is 0 Å². The second kappa shape index (κ2) is 15.0. The zero-order valence-corrected chi connectivity index (χ0v) is 22.6. The summed E-state index contributed by atoms with van der Waals surface area (Å²) in [6.07, 6.45) is 2.06. The molecule has 0 aliphatic rings. The Morgan fingerprint density at radius 3 is 2.29 bits per heavy atom. The molecular weight excluding hydrogens is 454 g/mol. The van der Waals surface area contributed by atoms with Gasteiger partial charge < -0.3 is 10.2 Å². The number of benzene rings is 3. The van der Waals surface area contributed by atoms with Crippen LogP contribution in [0.3, 0.4) is 0 Å². The number of fused-ring (bicyclic) bond motifs is 1. The molecule has 0 aliphatic carbocycles. The van der Waals surface area contributed by atoms with E-state index in [0.717, 1.165) is 41.5 Å². The van der Waals surface area contributed by atoms with Crippen molar-refractivity contribution in [2.75, 3.05) is 20.6 Å². The van der Waals surface area contributed by atoms with E-state index in [2.05, 4.69) is 64.5 Å². The molecule has 3 aromatic rings. The molecule has 3 nitrogen and oxygen atoms in total. The van der Waals surface area contributed by atoms with Crippen LogP contribution in [-0.2, 0) is 0 Å². The number of alkyl halides is 1. The third kappa shape index (κ3) is 9.70. The van der Waals surface area contributed by atoms with Crippen molar-refractivity contribution in [3.05, 3.63) is 82.9 Å². The molecule has 0 aliphatic heterocycles. The lowest BCUT2D eigenvalue weighted by atomic mass is 9.92. The van der Waals surface area contributed by atoms with Gasteiger partial charge in [-0.25, -0.2) is 4.39 Å². The van der Waals surface area contributed by atoms with E-state index in [1.54, 1.807) is 12.1 Å². The van der Waals surface area contributed by atoms with E-state index in [0.29, 0.717) is 5.92 Å². The van der Waals surface area contributed by atoms with Gasteiger partial charge in [0.25, 0.3) is 5.91 Å². The van der Waals surface area contributed by atoms with Crippen molar-refractivity contribution in [2.45, 2.75) is 65.8 Å². The van der Waals surface area contributed by atoms with Gasteiger partial charge in [0.2, 0.25) is 0 Å². The van der Waals surface area contributed by atoms with Gasteiger partial charge in [-0.3, -0.25) is 4.79 Å². The number of nitrogens with one attached hydrogen (secondary N) is 1. The smallest absolute Gasteiger partial charge is 0.251 e. The summed E-state index contributed by atoms with van der Waals surface area (Å²) < 4.78 is 12.5. The van der Waals surface area contributed by atoms with E-state index in [-0.39, 0.29) is 19.4 Å². The first kappa shape index (κ1) is 30.7. The van der Waals surface area contributed by atoms with Gasteiger partial charge in [0.05, 0.1) is 0 Å². The van der Waals surface area contributed by atoms with Crippen LogP contribution >= 0.6 is 9.24 Å². The van der Waals surface area contributed by atoms with Crippen LogP contribution in [0.15, 0.2) is 60.7 Å². The first-order valence-electron chi connectivity index (χ1n) is 12.1. The Labute approximate surface area is 214 Å². The zero-order chi connectivity index (χ0) is 25.3. The van der Waals surface area contributed by atoms with E-state index in [1.165, 1.54) is 10.9 Å². The Morgan fingerprint density at radius 1 is 1.06 bits per heavy atom. The summed E-state index contributed by atoms with van der Waals surface area (Å²) in [6.45, 7) is 9.48. The second-order valence-corrected chi connectivity index (χ2v) is 9.96. The fourth-order valence-electron chi connectivity index (χ4n) is 3.68. The predicted molar refractivity (Wildman–Crippen MR) is 154 cm³/mol. The van der Waals surface area contributed by atoms with Gasteiger partial charge in [0, 0.05) is 11.6 Å². The van der Waals surface area contributed by atoms with Crippen molar-refractivity contribution in [3.8, 4) is 0 Å². The van der Waals surface area contributed by atoms with Crippen molar-refractivity contribution in [1.82, 2.24) is 10.2 Å². The van der Waals surface area contributed by atoms with Gasteiger partial charge in [-0.05, 0) is 87.3 Å². The summed E-state index contributed by atoms with van der Waals surface area (Å²) in [6, 6.07) is 20.0. The van der Waals surface area contributed by atoms with Crippen LogP contribution in [-0.4, -0.2) is 37.5 Å². The van der Waals surface area contributed by atoms with Crippen molar-refractivity contribution in [3.63, 3.8) is 0 Å². The highest BCUT2D eigenvalue weighted by molar-refractivity contribution is 7.16. The number of hydrogen-bond acceptors (Lipinski definition) is 2. The van der Waals surface area contributed by atoms with Gasteiger partial charge in [0.1, 0.15) is 5.91 Å². The summed E-state index contributed by atoms with van der Waals surface area (Å²) in [5.74, 6) is -0.392. The first-order chi connectivity index (χ1) is 16.1. The Hall–Kier alpha value is -2.29. The molecule has 0 spiro atoms. The number of rotatable bonds is 8. The standard InChI is InChI=1S/C21H30N2O.C8H10FP.CH4/c1-6-15(2)19-9-7-8-17-14-18(10-11-20(17)19)21(24)22-16(3)12-13-23(4)5;1-6-2-4-7(5-3-6)8(9)10;/h7-11,14-16H,6,12-13H2,1-5H3,(H,22,24);2-5,8H,10H2,1H3;1H4/t15?,16-;;/m1../s1. The number of aryl methyl sites for hydroxylation is 1. The summed E-state index contributed by atoms with van der Waals surface area (Å²) in [5.41, 5.74) is 3.98. The first-order valence-corrected chi connectivity index (χ1v) is 12.7. The molecule has 0 heterocycles. The Bertz CT molecular complexity index is 1050. The molecule has 35 heavy (non-hydrogen) atoms. The zero-order valence-electron chi connectivity index (χ0n) is 21.4. The number of carbonyl (C=O) groups excluding carboxylic acids is 1. The topological polar surface area (TPSA) is 32.3 Å². The van der Waals surface area contributed by atoms with Crippen molar-refractivity contribution >= 4 is 25.9 Å². The van der Waals surface area contributed by atoms with Crippen LogP contribution in [0.25, 0.3) is 10.8 Å². The molecule has 1 amide bonds. The quantitative estimate of drug-likeness (QED) is 0.320. The lowest BCUT2D eigenvalue weighted by Gasteiger charge is -2.17. The fraction of sp³-hybridized carbons (Fsp3) is 0.433. The highest BCUT2D eigenvalue weighted by Crippen LogP contribution is 2.28. The minimum absolute atomic E-state index is 0. The van der Waals surface area contributed by atoms with Crippen LogP contribution in [0.5, 0.6) is 0 Å². The Balaban J connectivity index is 0.000000468. The maximum absolute atomic E-state index is 12.5. The molecule has 0 saturated heterocycles. The van der Waals surface area contributed by atoms with Crippen LogP contribution in [0, 0.1) is 6.92 Å². The van der Waals surface area contributed by atoms with E-state index in [1.807, 2.05) is 45.3 Å². The van der Waals surface area contributed by atoms with Gasteiger partial charge in [-0.15, -0.1) is 0 Å². The highest BCUT2D eigenvalue weighted by atomic mass is 31.0. The summed E-state index contributed by atoms with van der Waals surface area (Å²) in [4.78, 5) is 14.6. The normalized spacial score (nSPS) is 13.3. The molecule has 1 N–H and O–H groups in total. The minimum atomic E-state index is -0.930. The number of halogens is 1. The summed E-state index contributed by atoms with van der Waals surface area (Å²) in [7, 11) is 6.22. The molecule has 192 valence electrons. The van der Waals surface area contributed by atoms with Crippen molar-refractivity contribution in [2.24, 2.45) is 0 Å². The van der Waals surface area contributed by atoms with Crippen molar-refractivity contribution in [1.29, 1.82) is 0 Å². The Morgan fingerprint density at radius 2 is 1.71 bits per heavy atom. The lowest BCUT2D eigenvalue weighted by molar-refractivity contribution is 0.0937. The SMILES string of the molecule is C.CCC(C)c1cccc2cc(C(=O)N[C@H](C)CCN(C)C)ccc12.Cc1ccc(C(F)P)cc1. The lowest BCUT2D eigenvalue weighted by Crippen LogP contribution is -2.34. The van der Waals surface area contributed by atoms with Gasteiger partial charge in [-0.1, -0.05) is 84.6 Å². The second-order valence-electron chi connectivity index (χ2n) is 9.37. The summed E-state index contributed by atoms with van der Waals surface area (Å²) >= 11 is 0. The maximum atomic E-state index is 12.5. The van der Waals surface area contributed by atoms with Gasteiger partial charge in [0.15, 0.2) is 0 Å². The molecular formula is C30H44FN2OP. The average Bonchev–Trinajstić information content (AvgIpc) is 2.82. The van der Waals surface area contributed by atoms with Crippen LogP contribution < -0.4 is 5.32 Å². The van der Waals surface area contributed by atoms with E-state index in [9.17, 15) is 9.18 Å². The number of carbonyl (C=O) groups is 1. The fourth-order valence-corrected chi connectivity index (χ4v) is 3.90. The van der Waals surface area contributed by atoms with E-state index >= 15 is 0 Å². The number of nitrogens with zero attached hydrogens (tertiary/aromatic N) is 1. The molecule has 0 bridgehead atoms. The maximum Gasteiger partial charge on any atom is 0.251 e. The average molecular weight is 499 g/mol. The molecule has 0 radical (unpaired) electrons. The number of amides is 1. The molecule has 3 aromatic carbocycles. The highest BCUT2D eigenvalue weighted by Gasteiger charge is 2.13. The van der Waals surface area contributed by atoms with E-state index < -0.39 is 5.91 Å². The van der Waals surface area contributed by atoms with Crippen LogP contribution in [0.4, 0.5) is 4.39 Å². The predicted octanol–water partition coefficient (Wildman–Crippen LogP) is 7.90. The minimum Gasteiger partial charge on any atom is -0.350 e. The third-order valence-corrected chi connectivity index (χ3v) is 6.49. The molecule has 0 saturated carbocycles.